The average molecular weight is 341 g/mol. The van der Waals surface area contributed by atoms with E-state index in [4.69, 9.17) is 0 Å². The highest BCUT2D eigenvalue weighted by Crippen LogP contribution is 2.30. The van der Waals surface area contributed by atoms with Crippen molar-refractivity contribution in [3.05, 3.63) is 35.9 Å². The summed E-state index contributed by atoms with van der Waals surface area (Å²) in [4.78, 5) is 17.0. The van der Waals surface area contributed by atoms with Crippen molar-refractivity contribution >= 4 is 6.03 Å². The number of urea groups is 1. The van der Waals surface area contributed by atoms with Gasteiger partial charge < -0.3 is 10.2 Å². The molecule has 2 heterocycles. The molecule has 1 aromatic carbocycles. The predicted octanol–water partition coefficient (Wildman–Crippen LogP) is 3.59. The van der Waals surface area contributed by atoms with Crippen molar-refractivity contribution in [2.75, 3.05) is 26.2 Å². The molecule has 0 atom stereocenters. The van der Waals surface area contributed by atoms with Crippen LogP contribution in [0.5, 0.6) is 0 Å². The lowest BCUT2D eigenvalue weighted by atomic mass is 9.88. The third-order valence-corrected chi connectivity index (χ3v) is 6.40. The van der Waals surface area contributed by atoms with Crippen molar-refractivity contribution in [1.82, 2.24) is 15.1 Å². The van der Waals surface area contributed by atoms with Gasteiger partial charge in [-0.05, 0) is 50.3 Å². The van der Waals surface area contributed by atoms with Gasteiger partial charge in [0.05, 0.1) is 0 Å². The number of hydrogen-bond donors (Lipinski definition) is 1. The fourth-order valence-corrected chi connectivity index (χ4v) is 4.69. The summed E-state index contributed by atoms with van der Waals surface area (Å²) in [5, 5.41) is 3.24. The Balaban J connectivity index is 1.19. The normalized spacial score (nSPS) is 24.1. The number of hydrogen-bond acceptors (Lipinski definition) is 2. The smallest absolute Gasteiger partial charge is 0.317 e. The third kappa shape index (κ3) is 4.00. The maximum absolute atomic E-state index is 12.4. The van der Waals surface area contributed by atoms with E-state index < -0.39 is 0 Å². The van der Waals surface area contributed by atoms with Gasteiger partial charge >= 0.3 is 6.03 Å². The zero-order chi connectivity index (χ0) is 17.1. The highest BCUT2D eigenvalue weighted by Gasteiger charge is 2.37. The van der Waals surface area contributed by atoms with Crippen LogP contribution in [0.3, 0.4) is 0 Å². The van der Waals surface area contributed by atoms with Crippen LogP contribution in [0.2, 0.25) is 0 Å². The van der Waals surface area contributed by atoms with E-state index in [0.717, 1.165) is 25.9 Å². The second-order valence-electron chi connectivity index (χ2n) is 8.06. The largest absolute Gasteiger partial charge is 0.335 e. The van der Waals surface area contributed by atoms with E-state index in [1.807, 2.05) is 4.90 Å². The third-order valence-electron chi connectivity index (χ3n) is 6.40. The van der Waals surface area contributed by atoms with Crippen molar-refractivity contribution in [3.8, 4) is 0 Å². The van der Waals surface area contributed by atoms with Gasteiger partial charge in [0, 0.05) is 25.2 Å². The minimum absolute atomic E-state index is 0.169. The Morgan fingerprint density at radius 3 is 2.28 bits per heavy atom. The molecule has 2 saturated heterocycles. The van der Waals surface area contributed by atoms with E-state index in [9.17, 15) is 4.79 Å². The molecule has 1 saturated carbocycles. The molecule has 25 heavy (non-hydrogen) atoms. The number of piperidine rings is 1. The molecule has 0 bridgehead atoms. The molecule has 0 unspecified atom stereocenters. The van der Waals surface area contributed by atoms with Crippen LogP contribution in [0.1, 0.15) is 56.4 Å². The molecular weight excluding hydrogens is 310 g/mol. The van der Waals surface area contributed by atoms with Gasteiger partial charge in [-0.1, -0.05) is 49.6 Å². The van der Waals surface area contributed by atoms with Crippen molar-refractivity contribution in [1.29, 1.82) is 0 Å². The van der Waals surface area contributed by atoms with Gasteiger partial charge in [-0.25, -0.2) is 4.79 Å². The average Bonchev–Trinajstić information content (AvgIpc) is 2.63. The second kappa shape index (κ2) is 7.77. The SMILES string of the molecule is O=C(NC1CCCCC1)N1CC(N2CCC(c3ccccc3)CC2)C1. The van der Waals surface area contributed by atoms with Crippen molar-refractivity contribution in [2.24, 2.45) is 0 Å². The maximum atomic E-state index is 12.4. The molecule has 3 aliphatic rings. The number of benzene rings is 1. The molecule has 1 aliphatic carbocycles. The van der Waals surface area contributed by atoms with Crippen LogP contribution in [0, 0.1) is 0 Å². The van der Waals surface area contributed by atoms with E-state index in [-0.39, 0.29) is 6.03 Å². The maximum Gasteiger partial charge on any atom is 0.317 e. The monoisotopic (exact) mass is 341 g/mol. The first-order valence-electron chi connectivity index (χ1n) is 10.1. The summed E-state index contributed by atoms with van der Waals surface area (Å²) in [6.45, 7) is 4.16. The van der Waals surface area contributed by atoms with Gasteiger partial charge in [0.25, 0.3) is 0 Å². The topological polar surface area (TPSA) is 35.6 Å². The molecule has 0 radical (unpaired) electrons. The Bertz CT molecular complexity index is 556. The first-order chi connectivity index (χ1) is 12.3. The van der Waals surface area contributed by atoms with E-state index in [1.165, 1.54) is 50.8 Å². The quantitative estimate of drug-likeness (QED) is 0.912. The molecule has 0 aromatic heterocycles. The van der Waals surface area contributed by atoms with Gasteiger partial charge in [0.2, 0.25) is 0 Å². The highest BCUT2D eigenvalue weighted by atomic mass is 16.2. The lowest BCUT2D eigenvalue weighted by Gasteiger charge is -2.47. The van der Waals surface area contributed by atoms with E-state index in [0.29, 0.717) is 18.0 Å². The standard InChI is InChI=1S/C21H31N3O/c25-21(22-19-9-5-2-6-10-19)24-15-20(16-24)23-13-11-18(12-14-23)17-7-3-1-4-8-17/h1,3-4,7-8,18-20H,2,5-6,9-16H2,(H,22,25). The lowest BCUT2D eigenvalue weighted by Crippen LogP contribution is -2.64. The number of amides is 2. The van der Waals surface area contributed by atoms with Gasteiger partial charge in [-0.15, -0.1) is 0 Å². The summed E-state index contributed by atoms with van der Waals surface area (Å²) in [5.74, 6) is 0.711. The van der Waals surface area contributed by atoms with Gasteiger partial charge in [-0.3, -0.25) is 4.90 Å². The lowest BCUT2D eigenvalue weighted by molar-refractivity contribution is 0.0401. The van der Waals surface area contributed by atoms with Crippen molar-refractivity contribution in [3.63, 3.8) is 0 Å². The number of likely N-dealkylation sites (tertiary alicyclic amines) is 2. The minimum Gasteiger partial charge on any atom is -0.335 e. The highest BCUT2D eigenvalue weighted by molar-refractivity contribution is 5.75. The molecular formula is C21H31N3O. The summed E-state index contributed by atoms with van der Waals surface area (Å²) in [5.41, 5.74) is 1.49. The predicted molar refractivity (Wildman–Crippen MR) is 101 cm³/mol. The molecule has 1 aromatic rings. The molecule has 2 amide bonds. The van der Waals surface area contributed by atoms with Crippen LogP contribution in [-0.2, 0) is 0 Å². The summed E-state index contributed by atoms with van der Waals surface area (Å²) < 4.78 is 0. The fraction of sp³-hybridized carbons (Fsp3) is 0.667. The number of nitrogens with zero attached hydrogens (tertiary/aromatic N) is 2. The van der Waals surface area contributed by atoms with Crippen LogP contribution in [-0.4, -0.2) is 54.1 Å². The van der Waals surface area contributed by atoms with Gasteiger partial charge in [-0.2, -0.15) is 0 Å². The van der Waals surface area contributed by atoms with Gasteiger partial charge in [0.15, 0.2) is 0 Å². The summed E-state index contributed by atoms with van der Waals surface area (Å²) in [6.07, 6.45) is 8.68. The number of carbonyl (C=O) groups is 1. The Labute approximate surface area is 151 Å². The Morgan fingerprint density at radius 1 is 0.920 bits per heavy atom. The van der Waals surface area contributed by atoms with Crippen LogP contribution in [0.15, 0.2) is 30.3 Å². The van der Waals surface area contributed by atoms with Gasteiger partial charge in [0.1, 0.15) is 0 Å². The first kappa shape index (κ1) is 16.9. The molecule has 2 aliphatic heterocycles. The van der Waals surface area contributed by atoms with E-state index in [1.54, 1.807) is 0 Å². The molecule has 0 spiro atoms. The molecule has 4 heteroatoms. The Morgan fingerprint density at radius 2 is 1.60 bits per heavy atom. The zero-order valence-corrected chi connectivity index (χ0v) is 15.2. The first-order valence-corrected chi connectivity index (χ1v) is 10.1. The van der Waals surface area contributed by atoms with Crippen molar-refractivity contribution < 1.29 is 4.79 Å². The van der Waals surface area contributed by atoms with Crippen LogP contribution < -0.4 is 5.32 Å². The van der Waals surface area contributed by atoms with Crippen LogP contribution >= 0.6 is 0 Å². The van der Waals surface area contributed by atoms with E-state index in [2.05, 4.69) is 40.5 Å². The van der Waals surface area contributed by atoms with E-state index >= 15 is 0 Å². The minimum atomic E-state index is 0.169. The Kier molecular flexibility index (Phi) is 5.25. The Hall–Kier alpha value is -1.55. The zero-order valence-electron chi connectivity index (χ0n) is 15.2. The molecule has 1 N–H and O–H groups in total. The summed E-state index contributed by atoms with van der Waals surface area (Å²) >= 11 is 0. The second-order valence-corrected chi connectivity index (χ2v) is 8.06. The number of carbonyl (C=O) groups excluding carboxylic acids is 1. The summed E-state index contributed by atoms with van der Waals surface area (Å²) in [6, 6.07) is 12.1. The molecule has 136 valence electrons. The molecule has 3 fully saturated rings. The van der Waals surface area contributed by atoms with Crippen LogP contribution in [0.25, 0.3) is 0 Å². The number of nitrogens with one attached hydrogen (secondary N) is 1. The van der Waals surface area contributed by atoms with Crippen molar-refractivity contribution in [2.45, 2.75) is 62.9 Å². The van der Waals surface area contributed by atoms with Crippen LogP contribution in [0.4, 0.5) is 4.79 Å². The number of rotatable bonds is 3. The molecule has 4 rings (SSSR count). The fourth-order valence-electron chi connectivity index (χ4n) is 4.69. The summed E-state index contributed by atoms with van der Waals surface area (Å²) in [7, 11) is 0. The molecule has 4 nitrogen and oxygen atoms in total.